The Morgan fingerprint density at radius 2 is 1.65 bits per heavy atom. The maximum Gasteiger partial charge on any atom is 0.408 e. The number of ether oxygens (including phenoxy) is 3. The first kappa shape index (κ1) is 29.2. The Kier molecular flexibility index (Phi) is 10.1. The molecular formula is C26H29F3N2O6. The zero-order chi connectivity index (χ0) is 27.6. The van der Waals surface area contributed by atoms with Crippen LogP contribution in [0.1, 0.15) is 32.0 Å². The Labute approximate surface area is 212 Å². The largest absolute Gasteiger partial charge is 0.497 e. The van der Waals surface area contributed by atoms with E-state index in [0.29, 0.717) is 5.56 Å². The predicted octanol–water partition coefficient (Wildman–Crippen LogP) is 5.01. The van der Waals surface area contributed by atoms with Crippen LogP contribution in [0.2, 0.25) is 0 Å². The summed E-state index contributed by atoms with van der Waals surface area (Å²) < 4.78 is 54.3. The Balaban J connectivity index is 0.000000510. The molecule has 1 N–H and O–H groups in total. The van der Waals surface area contributed by atoms with Crippen LogP contribution in [0, 0.1) is 0 Å². The number of methoxy groups -OCH3 is 1. The Bertz CT molecular complexity index is 1160. The Morgan fingerprint density at radius 1 is 1.03 bits per heavy atom. The minimum absolute atomic E-state index is 0.199. The quantitative estimate of drug-likeness (QED) is 0.394. The number of para-hydroxylation sites is 2. The van der Waals surface area contributed by atoms with Crippen molar-refractivity contribution in [3.05, 3.63) is 78.1 Å². The van der Waals surface area contributed by atoms with Gasteiger partial charge in [0.05, 0.1) is 12.8 Å². The van der Waals surface area contributed by atoms with Crippen molar-refractivity contribution < 1.29 is 42.1 Å². The number of esters is 1. The van der Waals surface area contributed by atoms with E-state index in [-0.39, 0.29) is 18.1 Å². The minimum Gasteiger partial charge on any atom is -0.497 e. The number of rotatable bonds is 9. The van der Waals surface area contributed by atoms with Gasteiger partial charge in [-0.25, -0.2) is 4.79 Å². The average Bonchev–Trinajstić information content (AvgIpc) is 3.27. The number of halogens is 3. The van der Waals surface area contributed by atoms with E-state index in [4.69, 9.17) is 14.2 Å². The molecule has 3 rings (SSSR count). The third-order valence-corrected chi connectivity index (χ3v) is 5.23. The van der Waals surface area contributed by atoms with Crippen LogP contribution in [0.3, 0.4) is 0 Å². The summed E-state index contributed by atoms with van der Waals surface area (Å²) in [5.41, 5.74) is -0.555. The van der Waals surface area contributed by atoms with Gasteiger partial charge in [0.15, 0.2) is 0 Å². The molecule has 0 aliphatic rings. The fourth-order valence-corrected chi connectivity index (χ4v) is 3.44. The number of benzene rings is 2. The molecule has 0 amide bonds. The number of alkyl halides is 3. The van der Waals surface area contributed by atoms with Gasteiger partial charge in [0.25, 0.3) is 0 Å². The van der Waals surface area contributed by atoms with Crippen LogP contribution < -0.4 is 9.47 Å². The number of aromatic nitrogens is 2. The van der Waals surface area contributed by atoms with Crippen molar-refractivity contribution >= 4 is 11.9 Å². The van der Waals surface area contributed by atoms with Crippen LogP contribution in [0.15, 0.2) is 66.9 Å². The van der Waals surface area contributed by atoms with Crippen molar-refractivity contribution in [2.24, 2.45) is 0 Å². The number of hydrogen-bond donors (Lipinski definition) is 1. The van der Waals surface area contributed by atoms with Crippen LogP contribution in [0.25, 0.3) is 0 Å². The van der Waals surface area contributed by atoms with Gasteiger partial charge < -0.3 is 19.3 Å². The maximum absolute atomic E-state index is 12.7. The molecule has 0 aliphatic heterocycles. The third-order valence-electron chi connectivity index (χ3n) is 5.23. The zero-order valence-electron chi connectivity index (χ0n) is 20.9. The normalized spacial score (nSPS) is 12.1. The van der Waals surface area contributed by atoms with Gasteiger partial charge in [0.1, 0.15) is 24.7 Å². The molecule has 11 heteroatoms. The molecule has 1 heterocycles. The van der Waals surface area contributed by atoms with Gasteiger partial charge in [0, 0.05) is 24.1 Å². The summed E-state index contributed by atoms with van der Waals surface area (Å²) in [6, 6.07) is 17.6. The number of carbonyl (C=O) groups excluding carboxylic acids is 1. The first-order chi connectivity index (χ1) is 17.3. The van der Waals surface area contributed by atoms with E-state index in [1.54, 1.807) is 45.2 Å². The summed E-state index contributed by atoms with van der Waals surface area (Å²) >= 11 is 0. The third kappa shape index (κ3) is 8.85. The Morgan fingerprint density at radius 3 is 2.19 bits per heavy atom. The summed E-state index contributed by atoms with van der Waals surface area (Å²) in [6.07, 6.45) is -4.68. The molecule has 0 saturated carbocycles. The van der Waals surface area contributed by atoms with Crippen molar-refractivity contribution in [2.45, 2.75) is 51.6 Å². The van der Waals surface area contributed by atoms with Crippen molar-refractivity contribution in [3.63, 3.8) is 0 Å². The van der Waals surface area contributed by atoms with Crippen LogP contribution >= 0.6 is 0 Å². The van der Waals surface area contributed by atoms with Gasteiger partial charge in [-0.15, -0.1) is 0 Å². The van der Waals surface area contributed by atoms with E-state index in [9.17, 15) is 27.9 Å². The SMILES string of the molecule is CC(=O)OC(C(=O)O)C(C)(C)c1ccccc1OCc1ccnn1CC(F)(F)F.COc1ccccc1. The summed E-state index contributed by atoms with van der Waals surface area (Å²) in [7, 11) is 1.66. The van der Waals surface area contributed by atoms with Gasteiger partial charge in [-0.2, -0.15) is 18.3 Å². The molecule has 0 fully saturated rings. The molecular weight excluding hydrogens is 493 g/mol. The van der Waals surface area contributed by atoms with Gasteiger partial charge in [-0.05, 0) is 24.3 Å². The predicted molar refractivity (Wildman–Crippen MR) is 128 cm³/mol. The first-order valence-electron chi connectivity index (χ1n) is 11.1. The standard InChI is InChI=1S/C19H21F3N2O5.C7H8O/c1-12(25)29-16(17(26)27)18(2,3)14-6-4-5-7-15(14)28-10-13-8-9-23-24(13)11-19(20,21)22;1-8-7-5-3-2-4-6-7/h4-9,16H,10-11H2,1-3H3,(H,26,27);2-6H,1H3. The fraction of sp³-hybridized carbons (Fsp3) is 0.346. The van der Waals surface area contributed by atoms with Crippen molar-refractivity contribution in [1.29, 1.82) is 0 Å². The number of hydrogen-bond acceptors (Lipinski definition) is 6. The van der Waals surface area contributed by atoms with E-state index < -0.39 is 36.2 Å². The van der Waals surface area contributed by atoms with Crippen LogP contribution in [0.5, 0.6) is 11.5 Å². The summed E-state index contributed by atoms with van der Waals surface area (Å²) in [6.45, 7) is 2.79. The number of nitrogens with zero attached hydrogens (tertiary/aromatic N) is 2. The number of carbonyl (C=O) groups is 2. The highest BCUT2D eigenvalue weighted by Crippen LogP contribution is 2.36. The average molecular weight is 523 g/mol. The maximum atomic E-state index is 12.7. The van der Waals surface area contributed by atoms with Crippen LogP contribution in [-0.2, 0) is 32.9 Å². The smallest absolute Gasteiger partial charge is 0.408 e. The second-order valence-corrected chi connectivity index (χ2v) is 8.45. The molecule has 0 spiro atoms. The number of carboxylic acids is 1. The molecule has 37 heavy (non-hydrogen) atoms. The molecule has 3 aromatic rings. The summed E-state index contributed by atoms with van der Waals surface area (Å²) in [5.74, 6) is -0.911. The molecule has 8 nitrogen and oxygen atoms in total. The Hall–Kier alpha value is -4.02. The van der Waals surface area contributed by atoms with Crippen LogP contribution in [-0.4, -0.2) is 46.2 Å². The fourth-order valence-electron chi connectivity index (χ4n) is 3.44. The highest BCUT2D eigenvalue weighted by Gasteiger charge is 2.41. The first-order valence-corrected chi connectivity index (χ1v) is 11.1. The second-order valence-electron chi connectivity index (χ2n) is 8.45. The molecule has 0 aliphatic carbocycles. The molecule has 0 saturated heterocycles. The summed E-state index contributed by atoms with van der Waals surface area (Å²) in [5, 5.41) is 13.1. The number of aliphatic carboxylic acids is 1. The van der Waals surface area contributed by atoms with E-state index in [2.05, 4.69) is 5.10 Å². The van der Waals surface area contributed by atoms with E-state index in [0.717, 1.165) is 17.4 Å². The molecule has 0 bridgehead atoms. The highest BCUT2D eigenvalue weighted by atomic mass is 19.4. The lowest BCUT2D eigenvalue weighted by atomic mass is 9.78. The van der Waals surface area contributed by atoms with E-state index in [1.807, 2.05) is 30.3 Å². The molecule has 0 radical (unpaired) electrons. The molecule has 1 atom stereocenters. The highest BCUT2D eigenvalue weighted by molar-refractivity contribution is 5.79. The van der Waals surface area contributed by atoms with Gasteiger partial charge in [-0.1, -0.05) is 50.2 Å². The van der Waals surface area contributed by atoms with Crippen molar-refractivity contribution in [3.8, 4) is 11.5 Å². The van der Waals surface area contributed by atoms with E-state index >= 15 is 0 Å². The number of carboxylic acid groups (broad SMARTS) is 1. The van der Waals surface area contributed by atoms with Crippen LogP contribution in [0.4, 0.5) is 13.2 Å². The minimum atomic E-state index is -4.43. The van der Waals surface area contributed by atoms with Crippen molar-refractivity contribution in [1.82, 2.24) is 9.78 Å². The lowest BCUT2D eigenvalue weighted by Crippen LogP contribution is -2.43. The molecule has 2 aromatic carbocycles. The second kappa shape index (κ2) is 12.8. The monoisotopic (exact) mass is 522 g/mol. The van der Waals surface area contributed by atoms with Gasteiger partial charge >= 0.3 is 18.1 Å². The molecule has 200 valence electrons. The lowest BCUT2D eigenvalue weighted by molar-refractivity contribution is -0.167. The molecule has 1 unspecified atom stereocenters. The zero-order valence-corrected chi connectivity index (χ0v) is 20.9. The van der Waals surface area contributed by atoms with Gasteiger partial charge in [0.2, 0.25) is 6.10 Å². The van der Waals surface area contributed by atoms with Crippen molar-refractivity contribution in [2.75, 3.05) is 7.11 Å². The lowest BCUT2D eigenvalue weighted by Gasteiger charge is -2.32. The topological polar surface area (TPSA) is 99.9 Å². The van der Waals surface area contributed by atoms with Gasteiger partial charge in [-0.3, -0.25) is 9.48 Å². The van der Waals surface area contributed by atoms with E-state index in [1.165, 1.54) is 12.3 Å². The summed E-state index contributed by atoms with van der Waals surface area (Å²) in [4.78, 5) is 23.0. The molecule has 1 aromatic heterocycles.